The van der Waals surface area contributed by atoms with E-state index in [1.165, 1.54) is 24.6 Å². The van der Waals surface area contributed by atoms with Crippen LogP contribution in [0.4, 0.5) is 10.5 Å². The quantitative estimate of drug-likeness (QED) is 0.723. The van der Waals surface area contributed by atoms with Crippen molar-refractivity contribution in [1.82, 2.24) is 9.80 Å². The number of hydrogen-bond acceptors (Lipinski definition) is 4. The maximum absolute atomic E-state index is 13.6. The number of hydrogen-bond donors (Lipinski definition) is 1. The Hall–Kier alpha value is -3.19. The van der Waals surface area contributed by atoms with E-state index in [0.717, 1.165) is 40.7 Å². The molecule has 3 aliphatic heterocycles. The fourth-order valence-corrected chi connectivity index (χ4v) is 5.58. The molecular formula is C24H27N4O3+. The molecule has 2 saturated heterocycles. The normalized spacial score (nSPS) is 25.0. The second-order valence-electron chi connectivity index (χ2n) is 8.86. The van der Waals surface area contributed by atoms with Crippen LogP contribution in [0.1, 0.15) is 11.1 Å². The van der Waals surface area contributed by atoms with Gasteiger partial charge in [0, 0.05) is 31.8 Å². The molecule has 1 unspecified atom stereocenters. The van der Waals surface area contributed by atoms with Crippen molar-refractivity contribution in [3.63, 3.8) is 0 Å². The number of benzene rings is 2. The first kappa shape index (κ1) is 19.8. The van der Waals surface area contributed by atoms with Crippen molar-refractivity contribution < 1.29 is 19.3 Å². The molecule has 0 saturated carbocycles. The maximum Gasteiger partial charge on any atom is 0.332 e. The summed E-state index contributed by atoms with van der Waals surface area (Å²) in [6.07, 6.45) is 0.322. The molecule has 5 rings (SSSR count). The number of nitrogens with one attached hydrogen (secondary N) is 1. The molecule has 2 fully saturated rings. The number of para-hydroxylation sites is 1. The summed E-state index contributed by atoms with van der Waals surface area (Å²) in [5.41, 5.74) is 2.04. The summed E-state index contributed by atoms with van der Waals surface area (Å²) in [4.78, 5) is 45.5. The number of nitrogens with zero attached hydrogens (tertiary/aromatic N) is 3. The number of rotatable bonds is 2. The van der Waals surface area contributed by atoms with E-state index in [-0.39, 0.29) is 17.9 Å². The lowest BCUT2D eigenvalue weighted by Crippen LogP contribution is -3.15. The van der Waals surface area contributed by atoms with E-state index >= 15 is 0 Å². The number of quaternary nitrogens is 1. The van der Waals surface area contributed by atoms with Crippen LogP contribution in [0.3, 0.4) is 0 Å². The molecule has 2 aromatic rings. The molecule has 1 N–H and O–H groups in total. The van der Waals surface area contributed by atoms with Gasteiger partial charge in [-0.3, -0.25) is 19.4 Å². The summed E-state index contributed by atoms with van der Waals surface area (Å²) in [6.45, 7) is 3.18. The summed E-state index contributed by atoms with van der Waals surface area (Å²) < 4.78 is 0. The minimum Gasteiger partial charge on any atom is -0.355 e. The average molecular weight is 420 g/mol. The topological polar surface area (TPSA) is 65.4 Å². The highest BCUT2D eigenvalue weighted by Gasteiger charge is 2.64. The van der Waals surface area contributed by atoms with Gasteiger partial charge in [-0.2, -0.15) is 0 Å². The summed E-state index contributed by atoms with van der Waals surface area (Å²) in [5.74, 6) is -0.767. The second kappa shape index (κ2) is 7.20. The Balaban J connectivity index is 1.58. The molecule has 7 heteroatoms. The van der Waals surface area contributed by atoms with Crippen molar-refractivity contribution in [2.45, 2.75) is 19.0 Å². The Morgan fingerprint density at radius 1 is 0.935 bits per heavy atom. The van der Waals surface area contributed by atoms with Crippen molar-refractivity contribution in [1.29, 1.82) is 0 Å². The average Bonchev–Trinajstić information content (AvgIpc) is 2.81. The van der Waals surface area contributed by atoms with Gasteiger partial charge in [0.1, 0.15) is 12.6 Å². The predicted molar refractivity (Wildman–Crippen MR) is 115 cm³/mol. The van der Waals surface area contributed by atoms with E-state index in [9.17, 15) is 14.4 Å². The standard InChI is InChI=1S/C24H26N4O3/c1-25-21(29)24(22(30)26(2)23(25)31)14-18-10-6-7-11-19(18)28-13-12-27(16-20(24)28)15-17-8-4-3-5-9-17/h3-11,20H,12-16H2,1-2H3/p+1/t20-/m1/s1. The van der Waals surface area contributed by atoms with E-state index in [4.69, 9.17) is 0 Å². The van der Waals surface area contributed by atoms with E-state index in [2.05, 4.69) is 23.1 Å². The largest absolute Gasteiger partial charge is 0.355 e. The molecule has 31 heavy (non-hydrogen) atoms. The van der Waals surface area contributed by atoms with Gasteiger partial charge < -0.3 is 9.80 Å². The maximum atomic E-state index is 13.6. The van der Waals surface area contributed by atoms with Crippen LogP contribution in [0.5, 0.6) is 0 Å². The highest BCUT2D eigenvalue weighted by molar-refractivity contribution is 6.20. The molecule has 1 spiro atoms. The number of barbiturate groups is 1. The summed E-state index contributed by atoms with van der Waals surface area (Å²) in [7, 11) is 2.97. The monoisotopic (exact) mass is 419 g/mol. The highest BCUT2D eigenvalue weighted by Crippen LogP contribution is 2.45. The lowest BCUT2D eigenvalue weighted by Gasteiger charge is -2.54. The Kier molecular flexibility index (Phi) is 4.59. The third-order valence-corrected chi connectivity index (χ3v) is 7.15. The molecule has 0 bridgehead atoms. The number of amides is 4. The van der Waals surface area contributed by atoms with Gasteiger partial charge in [-0.25, -0.2) is 4.79 Å². The first-order chi connectivity index (χ1) is 14.9. The first-order valence-electron chi connectivity index (χ1n) is 10.8. The van der Waals surface area contributed by atoms with Crippen LogP contribution in [-0.4, -0.2) is 67.4 Å². The van der Waals surface area contributed by atoms with Gasteiger partial charge in [0.25, 0.3) is 0 Å². The van der Waals surface area contributed by atoms with Crippen molar-refractivity contribution in [2.75, 3.05) is 38.6 Å². The molecule has 0 aliphatic carbocycles. The zero-order valence-electron chi connectivity index (χ0n) is 17.9. The summed E-state index contributed by atoms with van der Waals surface area (Å²) in [5, 5.41) is 0. The smallest absolute Gasteiger partial charge is 0.332 e. The number of piperazine rings is 1. The molecule has 2 aromatic carbocycles. The van der Waals surface area contributed by atoms with Gasteiger partial charge in [0.2, 0.25) is 11.8 Å². The Morgan fingerprint density at radius 2 is 1.58 bits per heavy atom. The van der Waals surface area contributed by atoms with Crippen LogP contribution in [-0.2, 0) is 22.6 Å². The van der Waals surface area contributed by atoms with E-state index in [0.29, 0.717) is 13.0 Å². The Morgan fingerprint density at radius 3 is 2.29 bits per heavy atom. The van der Waals surface area contributed by atoms with Crippen molar-refractivity contribution in [3.8, 4) is 0 Å². The SMILES string of the molecule is CN1C(=O)N(C)C(=O)C2(Cc3ccccc3N3CC[NH+](Cc4ccccc4)C[C@@H]32)C1=O. The van der Waals surface area contributed by atoms with Crippen molar-refractivity contribution in [2.24, 2.45) is 5.41 Å². The van der Waals surface area contributed by atoms with E-state index in [1.54, 1.807) is 0 Å². The van der Waals surface area contributed by atoms with Crippen LogP contribution in [0.15, 0.2) is 54.6 Å². The van der Waals surface area contributed by atoms with Crippen LogP contribution >= 0.6 is 0 Å². The number of carbonyl (C=O) groups excluding carboxylic acids is 3. The minimum atomic E-state index is -1.28. The molecular weight excluding hydrogens is 392 g/mol. The lowest BCUT2D eigenvalue weighted by molar-refractivity contribution is -0.917. The molecule has 160 valence electrons. The molecule has 3 heterocycles. The van der Waals surface area contributed by atoms with Gasteiger partial charge in [-0.1, -0.05) is 48.5 Å². The fourth-order valence-electron chi connectivity index (χ4n) is 5.58. The van der Waals surface area contributed by atoms with Gasteiger partial charge >= 0.3 is 6.03 Å². The molecule has 0 radical (unpaired) electrons. The molecule has 2 atom stereocenters. The van der Waals surface area contributed by atoms with Gasteiger partial charge in [-0.15, -0.1) is 0 Å². The highest BCUT2D eigenvalue weighted by atomic mass is 16.2. The van der Waals surface area contributed by atoms with Crippen LogP contribution in [0.2, 0.25) is 0 Å². The summed E-state index contributed by atoms with van der Waals surface area (Å²) in [6, 6.07) is 17.5. The number of carbonyl (C=O) groups is 3. The Labute approximate surface area is 181 Å². The van der Waals surface area contributed by atoms with E-state index in [1.807, 2.05) is 36.4 Å². The van der Waals surface area contributed by atoms with Gasteiger partial charge in [0.05, 0.1) is 19.6 Å². The van der Waals surface area contributed by atoms with E-state index < -0.39 is 11.4 Å². The van der Waals surface area contributed by atoms with Gasteiger partial charge in [-0.05, 0) is 11.6 Å². The van der Waals surface area contributed by atoms with Crippen molar-refractivity contribution >= 4 is 23.5 Å². The van der Waals surface area contributed by atoms with Crippen LogP contribution in [0.25, 0.3) is 0 Å². The molecule has 4 amide bonds. The number of fused-ring (bicyclic) bond motifs is 4. The number of anilines is 1. The number of urea groups is 1. The zero-order valence-corrected chi connectivity index (χ0v) is 17.9. The molecule has 7 nitrogen and oxygen atoms in total. The summed E-state index contributed by atoms with van der Waals surface area (Å²) >= 11 is 0. The third kappa shape index (κ3) is 2.87. The zero-order chi connectivity index (χ0) is 21.8. The number of imide groups is 2. The predicted octanol–water partition coefficient (Wildman–Crippen LogP) is 0.553. The first-order valence-corrected chi connectivity index (χ1v) is 10.8. The fraction of sp³-hybridized carbons (Fsp3) is 0.375. The van der Waals surface area contributed by atoms with Gasteiger partial charge in [0.15, 0.2) is 5.41 Å². The third-order valence-electron chi connectivity index (χ3n) is 7.15. The minimum absolute atomic E-state index is 0.298. The van der Waals surface area contributed by atoms with Crippen molar-refractivity contribution in [3.05, 3.63) is 65.7 Å². The Bertz CT molecular complexity index is 1030. The van der Waals surface area contributed by atoms with Crippen LogP contribution in [0, 0.1) is 5.41 Å². The lowest BCUT2D eigenvalue weighted by atomic mass is 9.67. The molecule has 3 aliphatic rings. The second-order valence-corrected chi connectivity index (χ2v) is 8.86. The molecule has 0 aromatic heterocycles. The van der Waals surface area contributed by atoms with Crippen LogP contribution < -0.4 is 9.80 Å².